The number of unbranched alkanes of at least 4 members (excludes halogenated alkanes) is 2. The molecule has 2 rings (SSSR count). The lowest BCUT2D eigenvalue weighted by atomic mass is 10.1. The number of benzene rings is 1. The van der Waals surface area contributed by atoms with Gasteiger partial charge in [0.05, 0.1) is 0 Å². The van der Waals surface area contributed by atoms with Gasteiger partial charge in [0.1, 0.15) is 0 Å². The fraction of sp³-hybridized carbons (Fsp3) is 0.625. The predicted octanol–water partition coefficient (Wildman–Crippen LogP) is 4.53. The summed E-state index contributed by atoms with van der Waals surface area (Å²) in [6.45, 7) is 5.50. The van der Waals surface area contributed by atoms with Gasteiger partial charge in [-0.15, -0.1) is 11.8 Å². The molecule has 0 bridgehead atoms. The van der Waals surface area contributed by atoms with Crippen LogP contribution in [0.5, 0.6) is 0 Å². The summed E-state index contributed by atoms with van der Waals surface area (Å²) in [6, 6.07) is 7.68. The van der Waals surface area contributed by atoms with Gasteiger partial charge in [0.15, 0.2) is 0 Å². The third kappa shape index (κ3) is 4.66. The van der Waals surface area contributed by atoms with E-state index in [1.54, 1.807) is 0 Å². The van der Waals surface area contributed by atoms with Crippen LogP contribution in [-0.2, 0) is 6.54 Å². The number of rotatable bonds is 8. The van der Waals surface area contributed by atoms with E-state index in [-0.39, 0.29) is 0 Å². The molecule has 0 aliphatic heterocycles. The second-order valence-electron chi connectivity index (χ2n) is 5.32. The number of hydrogen-bond donors (Lipinski definition) is 1. The summed E-state index contributed by atoms with van der Waals surface area (Å²) in [7, 11) is 0. The normalized spacial score (nSPS) is 15.0. The Bertz CT molecular complexity index is 371. The third-order valence-corrected chi connectivity index (χ3v) is 4.58. The van der Waals surface area contributed by atoms with Crippen molar-refractivity contribution in [2.24, 2.45) is 0 Å². The van der Waals surface area contributed by atoms with Crippen LogP contribution in [0.3, 0.4) is 0 Å². The maximum atomic E-state index is 3.63. The molecule has 0 spiro atoms. The smallest absolute Gasteiger partial charge is 0.0219 e. The summed E-state index contributed by atoms with van der Waals surface area (Å²) in [6.07, 6.45) is 6.74. The van der Waals surface area contributed by atoms with Crippen molar-refractivity contribution in [3.8, 4) is 0 Å². The minimum absolute atomic E-state index is 0.795. The van der Waals surface area contributed by atoms with Crippen LogP contribution in [0.1, 0.15) is 50.2 Å². The zero-order valence-corrected chi connectivity index (χ0v) is 12.5. The van der Waals surface area contributed by atoms with Crippen molar-refractivity contribution in [2.45, 2.75) is 63.4 Å². The molecule has 0 atom stereocenters. The van der Waals surface area contributed by atoms with Crippen molar-refractivity contribution < 1.29 is 0 Å². The Kier molecular flexibility index (Phi) is 5.58. The van der Waals surface area contributed by atoms with E-state index in [1.807, 2.05) is 11.8 Å². The van der Waals surface area contributed by atoms with E-state index in [0.29, 0.717) is 0 Å². The first-order valence-corrected chi connectivity index (χ1v) is 8.24. The quantitative estimate of drug-likeness (QED) is 0.546. The molecule has 1 saturated carbocycles. The zero-order chi connectivity index (χ0) is 12.8. The SMILES string of the molecule is CCCCCSc1ccc(C)cc1CNC1CC1. The minimum atomic E-state index is 0.795. The Morgan fingerprint density at radius 2 is 2.11 bits per heavy atom. The highest BCUT2D eigenvalue weighted by Gasteiger charge is 2.20. The van der Waals surface area contributed by atoms with Gasteiger partial charge in [-0.3, -0.25) is 0 Å². The van der Waals surface area contributed by atoms with Crippen LogP contribution >= 0.6 is 11.8 Å². The highest BCUT2D eigenvalue weighted by atomic mass is 32.2. The number of aryl methyl sites for hydroxylation is 1. The van der Waals surface area contributed by atoms with E-state index >= 15 is 0 Å². The van der Waals surface area contributed by atoms with Crippen LogP contribution in [0.15, 0.2) is 23.1 Å². The highest BCUT2D eigenvalue weighted by Crippen LogP contribution is 2.26. The number of nitrogens with one attached hydrogen (secondary N) is 1. The van der Waals surface area contributed by atoms with Crippen LogP contribution in [0, 0.1) is 6.92 Å². The molecule has 0 aromatic heterocycles. The van der Waals surface area contributed by atoms with Gasteiger partial charge in [-0.2, -0.15) is 0 Å². The van der Waals surface area contributed by atoms with Crippen molar-refractivity contribution in [1.29, 1.82) is 0 Å². The van der Waals surface area contributed by atoms with Gasteiger partial charge in [-0.1, -0.05) is 37.5 Å². The standard InChI is InChI=1S/C16H25NS/c1-3-4-5-10-18-16-9-6-13(2)11-14(16)12-17-15-7-8-15/h6,9,11,15,17H,3-5,7-8,10,12H2,1-2H3. The van der Waals surface area contributed by atoms with E-state index in [9.17, 15) is 0 Å². The van der Waals surface area contributed by atoms with Gasteiger partial charge in [-0.05, 0) is 43.6 Å². The average Bonchev–Trinajstić information content (AvgIpc) is 3.18. The van der Waals surface area contributed by atoms with Gasteiger partial charge in [0.2, 0.25) is 0 Å². The lowest BCUT2D eigenvalue weighted by Crippen LogP contribution is -2.15. The van der Waals surface area contributed by atoms with E-state index in [1.165, 1.54) is 53.9 Å². The second kappa shape index (κ2) is 7.20. The fourth-order valence-electron chi connectivity index (χ4n) is 2.06. The van der Waals surface area contributed by atoms with Crippen molar-refractivity contribution >= 4 is 11.8 Å². The molecular weight excluding hydrogens is 238 g/mol. The zero-order valence-electron chi connectivity index (χ0n) is 11.7. The molecule has 0 radical (unpaired) electrons. The molecule has 1 fully saturated rings. The maximum absolute atomic E-state index is 3.63. The van der Waals surface area contributed by atoms with Gasteiger partial charge >= 0.3 is 0 Å². The Morgan fingerprint density at radius 1 is 1.28 bits per heavy atom. The van der Waals surface area contributed by atoms with Gasteiger partial charge < -0.3 is 5.32 Å². The van der Waals surface area contributed by atoms with Crippen molar-refractivity contribution in [2.75, 3.05) is 5.75 Å². The maximum Gasteiger partial charge on any atom is 0.0219 e. The van der Waals surface area contributed by atoms with Gasteiger partial charge in [0, 0.05) is 17.5 Å². The highest BCUT2D eigenvalue weighted by molar-refractivity contribution is 7.99. The van der Waals surface area contributed by atoms with Crippen LogP contribution < -0.4 is 5.32 Å². The Morgan fingerprint density at radius 3 is 2.83 bits per heavy atom. The molecule has 0 heterocycles. The molecule has 1 aromatic rings. The topological polar surface area (TPSA) is 12.0 Å². The molecule has 100 valence electrons. The van der Waals surface area contributed by atoms with Gasteiger partial charge in [0.25, 0.3) is 0 Å². The molecule has 0 saturated heterocycles. The summed E-state index contributed by atoms with van der Waals surface area (Å²) in [5.41, 5.74) is 2.86. The van der Waals surface area contributed by atoms with Gasteiger partial charge in [-0.25, -0.2) is 0 Å². The largest absolute Gasteiger partial charge is 0.310 e. The summed E-state index contributed by atoms with van der Waals surface area (Å²) in [5, 5.41) is 3.63. The molecular formula is C16H25NS. The molecule has 1 nitrogen and oxygen atoms in total. The molecule has 1 N–H and O–H groups in total. The minimum Gasteiger partial charge on any atom is -0.310 e. The predicted molar refractivity (Wildman–Crippen MR) is 81.3 cm³/mol. The van der Waals surface area contributed by atoms with E-state index < -0.39 is 0 Å². The third-order valence-electron chi connectivity index (χ3n) is 3.38. The first kappa shape index (κ1) is 14.0. The Labute approximate surface area is 116 Å². The number of thioether (sulfide) groups is 1. The second-order valence-corrected chi connectivity index (χ2v) is 6.46. The Balaban J connectivity index is 1.88. The molecule has 0 amide bonds. The lowest BCUT2D eigenvalue weighted by Gasteiger charge is -2.11. The number of hydrogen-bond acceptors (Lipinski definition) is 2. The van der Waals surface area contributed by atoms with E-state index in [4.69, 9.17) is 0 Å². The summed E-state index contributed by atoms with van der Waals surface area (Å²) >= 11 is 2.03. The molecule has 0 unspecified atom stereocenters. The van der Waals surface area contributed by atoms with Crippen LogP contribution in [0.25, 0.3) is 0 Å². The summed E-state index contributed by atoms with van der Waals surface area (Å²) in [4.78, 5) is 1.48. The van der Waals surface area contributed by atoms with Crippen LogP contribution in [-0.4, -0.2) is 11.8 Å². The molecule has 1 aliphatic carbocycles. The monoisotopic (exact) mass is 263 g/mol. The van der Waals surface area contributed by atoms with E-state index in [0.717, 1.165) is 12.6 Å². The Hall–Kier alpha value is -0.470. The van der Waals surface area contributed by atoms with Crippen molar-refractivity contribution in [3.63, 3.8) is 0 Å². The molecule has 1 aromatic carbocycles. The molecule has 1 aliphatic rings. The fourth-order valence-corrected chi connectivity index (χ4v) is 3.11. The van der Waals surface area contributed by atoms with E-state index in [2.05, 4.69) is 37.4 Å². The van der Waals surface area contributed by atoms with Crippen LogP contribution in [0.2, 0.25) is 0 Å². The molecule has 2 heteroatoms. The summed E-state index contributed by atoms with van der Waals surface area (Å²) < 4.78 is 0. The first-order valence-electron chi connectivity index (χ1n) is 7.25. The van der Waals surface area contributed by atoms with Crippen LogP contribution in [0.4, 0.5) is 0 Å². The lowest BCUT2D eigenvalue weighted by molar-refractivity contribution is 0.680. The first-order chi connectivity index (χ1) is 8.79. The molecule has 18 heavy (non-hydrogen) atoms. The van der Waals surface area contributed by atoms with Crippen molar-refractivity contribution in [3.05, 3.63) is 29.3 Å². The summed E-state index contributed by atoms with van der Waals surface area (Å²) in [5.74, 6) is 1.26. The van der Waals surface area contributed by atoms with Crippen molar-refractivity contribution in [1.82, 2.24) is 5.32 Å². The average molecular weight is 263 g/mol.